The van der Waals surface area contributed by atoms with Crippen LogP contribution in [0.2, 0.25) is 5.02 Å². The van der Waals surface area contributed by atoms with Crippen LogP contribution in [0.1, 0.15) is 24.6 Å². The number of aromatic nitrogens is 1. The van der Waals surface area contributed by atoms with Crippen molar-refractivity contribution in [3.8, 4) is 0 Å². The highest BCUT2D eigenvalue weighted by atomic mass is 35.5. The van der Waals surface area contributed by atoms with E-state index in [0.29, 0.717) is 6.42 Å². The molecule has 118 valence electrons. The van der Waals surface area contributed by atoms with E-state index in [4.69, 9.17) is 16.3 Å². The standard InChI is InChI=1S/C17H21ClN2O2/c1-10(20(2)3)22-17(21)11-4-6-13-14-9-12(18)5-7-15(14)19-16(13)8-11/h5,7,9-11,19H,4,6,8H2,1-3H3. The molecule has 1 aromatic heterocycles. The summed E-state index contributed by atoms with van der Waals surface area (Å²) >= 11 is 6.09. The Kier molecular flexibility index (Phi) is 4.15. The second-order valence-electron chi connectivity index (χ2n) is 6.21. The Labute approximate surface area is 135 Å². The summed E-state index contributed by atoms with van der Waals surface area (Å²) < 4.78 is 5.51. The number of ether oxygens (including phenoxy) is 1. The number of carbonyl (C=O) groups excluding carboxylic acids is 1. The second kappa shape index (κ2) is 5.94. The van der Waals surface area contributed by atoms with Crippen molar-refractivity contribution in [1.82, 2.24) is 9.88 Å². The maximum absolute atomic E-state index is 12.3. The van der Waals surface area contributed by atoms with Crippen molar-refractivity contribution in [2.24, 2.45) is 5.92 Å². The smallest absolute Gasteiger partial charge is 0.310 e. The minimum atomic E-state index is -0.199. The highest BCUT2D eigenvalue weighted by Gasteiger charge is 2.29. The zero-order chi connectivity index (χ0) is 15.9. The lowest BCUT2D eigenvalue weighted by Gasteiger charge is -2.25. The molecule has 2 atom stereocenters. The Bertz CT molecular complexity index is 708. The van der Waals surface area contributed by atoms with Gasteiger partial charge < -0.3 is 9.72 Å². The number of nitrogens with zero attached hydrogens (tertiary/aromatic N) is 1. The minimum absolute atomic E-state index is 0.0709. The maximum Gasteiger partial charge on any atom is 0.310 e. The summed E-state index contributed by atoms with van der Waals surface area (Å²) in [5.41, 5.74) is 3.52. The van der Waals surface area contributed by atoms with Crippen LogP contribution in [0.5, 0.6) is 0 Å². The van der Waals surface area contributed by atoms with E-state index in [1.165, 1.54) is 10.9 Å². The van der Waals surface area contributed by atoms with Crippen LogP contribution in [0.4, 0.5) is 0 Å². The van der Waals surface area contributed by atoms with Gasteiger partial charge in [-0.1, -0.05) is 11.6 Å². The van der Waals surface area contributed by atoms with Crippen LogP contribution in [0, 0.1) is 5.92 Å². The maximum atomic E-state index is 12.3. The first-order chi connectivity index (χ1) is 10.5. The van der Waals surface area contributed by atoms with Crippen LogP contribution >= 0.6 is 11.6 Å². The van der Waals surface area contributed by atoms with Crippen molar-refractivity contribution in [3.05, 3.63) is 34.5 Å². The Hall–Kier alpha value is -1.52. The number of hydrogen-bond acceptors (Lipinski definition) is 3. The van der Waals surface area contributed by atoms with Crippen LogP contribution in [0.15, 0.2) is 18.2 Å². The van der Waals surface area contributed by atoms with Crippen LogP contribution in [-0.4, -0.2) is 36.2 Å². The van der Waals surface area contributed by atoms with Crippen LogP contribution in [0.3, 0.4) is 0 Å². The molecule has 0 amide bonds. The third-order valence-electron chi connectivity index (χ3n) is 4.50. The van der Waals surface area contributed by atoms with Crippen LogP contribution < -0.4 is 0 Å². The number of aryl methyl sites for hydroxylation is 1. The molecular weight excluding hydrogens is 300 g/mol. The Morgan fingerprint density at radius 1 is 1.45 bits per heavy atom. The third-order valence-corrected chi connectivity index (χ3v) is 4.73. The summed E-state index contributed by atoms with van der Waals surface area (Å²) in [5.74, 6) is -0.179. The molecule has 0 fully saturated rings. The fourth-order valence-electron chi connectivity index (χ4n) is 2.97. The number of halogens is 1. The lowest BCUT2D eigenvalue weighted by atomic mass is 9.87. The molecule has 2 aromatic rings. The number of hydrogen-bond donors (Lipinski definition) is 1. The zero-order valence-electron chi connectivity index (χ0n) is 13.1. The molecular formula is C17H21ClN2O2. The molecule has 1 aromatic carbocycles. The SMILES string of the molecule is CC(OC(=O)C1CCc2c([nH]c3ccc(Cl)cc23)C1)N(C)C. The number of benzene rings is 1. The number of H-pyrrole nitrogens is 1. The van der Waals surface area contributed by atoms with Crippen LogP contribution in [-0.2, 0) is 22.4 Å². The molecule has 2 unspecified atom stereocenters. The summed E-state index contributed by atoms with van der Waals surface area (Å²) in [6.45, 7) is 1.89. The van der Waals surface area contributed by atoms with Gasteiger partial charge in [-0.3, -0.25) is 9.69 Å². The molecule has 22 heavy (non-hydrogen) atoms. The summed E-state index contributed by atoms with van der Waals surface area (Å²) in [5, 5.41) is 1.92. The van der Waals surface area contributed by atoms with Gasteiger partial charge in [-0.25, -0.2) is 0 Å². The predicted octanol–water partition coefficient (Wildman–Crippen LogP) is 3.38. The van der Waals surface area contributed by atoms with E-state index < -0.39 is 0 Å². The predicted molar refractivity (Wildman–Crippen MR) is 88.1 cm³/mol. The van der Waals surface area contributed by atoms with E-state index in [9.17, 15) is 4.79 Å². The lowest BCUT2D eigenvalue weighted by Crippen LogP contribution is -2.34. The molecule has 0 spiro atoms. The van der Waals surface area contributed by atoms with Gasteiger partial charge in [0.2, 0.25) is 0 Å². The summed E-state index contributed by atoms with van der Waals surface area (Å²) in [6.07, 6.45) is 2.22. The van der Waals surface area contributed by atoms with Crippen molar-refractivity contribution in [2.45, 2.75) is 32.4 Å². The first-order valence-electron chi connectivity index (χ1n) is 7.61. The molecule has 0 radical (unpaired) electrons. The monoisotopic (exact) mass is 320 g/mol. The molecule has 0 saturated heterocycles. The van der Waals surface area contributed by atoms with Gasteiger partial charge in [-0.2, -0.15) is 0 Å². The molecule has 3 rings (SSSR count). The molecule has 1 aliphatic carbocycles. The van der Waals surface area contributed by atoms with Crippen molar-refractivity contribution < 1.29 is 9.53 Å². The summed E-state index contributed by atoms with van der Waals surface area (Å²) in [7, 11) is 3.80. The van der Waals surface area contributed by atoms with Crippen molar-refractivity contribution in [3.63, 3.8) is 0 Å². The van der Waals surface area contributed by atoms with E-state index in [1.54, 1.807) is 0 Å². The number of nitrogens with one attached hydrogen (secondary N) is 1. The number of fused-ring (bicyclic) bond motifs is 3. The Balaban J connectivity index is 1.79. The summed E-state index contributed by atoms with van der Waals surface area (Å²) in [6, 6.07) is 5.88. The average Bonchev–Trinajstić information content (AvgIpc) is 2.84. The first kappa shape index (κ1) is 15.4. The minimum Gasteiger partial charge on any atom is -0.446 e. The molecule has 0 bridgehead atoms. The Morgan fingerprint density at radius 2 is 2.23 bits per heavy atom. The van der Waals surface area contributed by atoms with Crippen molar-refractivity contribution in [2.75, 3.05) is 14.1 Å². The van der Waals surface area contributed by atoms with Crippen LogP contribution in [0.25, 0.3) is 10.9 Å². The van der Waals surface area contributed by atoms with Gasteiger partial charge in [0.05, 0.1) is 5.92 Å². The highest BCUT2D eigenvalue weighted by Crippen LogP contribution is 2.33. The van der Waals surface area contributed by atoms with E-state index in [-0.39, 0.29) is 18.1 Å². The fraction of sp³-hybridized carbons (Fsp3) is 0.471. The van der Waals surface area contributed by atoms with Crippen molar-refractivity contribution in [1.29, 1.82) is 0 Å². The number of carbonyl (C=O) groups is 1. The first-order valence-corrected chi connectivity index (χ1v) is 7.99. The quantitative estimate of drug-likeness (QED) is 0.696. The van der Waals surface area contributed by atoms with Gasteiger partial charge in [0.1, 0.15) is 0 Å². The number of esters is 1. The molecule has 1 N–H and O–H groups in total. The normalized spacial score (nSPS) is 19.2. The van der Waals surface area contributed by atoms with Gasteiger partial charge in [0.25, 0.3) is 0 Å². The van der Waals surface area contributed by atoms with Crippen molar-refractivity contribution >= 4 is 28.5 Å². The Morgan fingerprint density at radius 3 is 2.95 bits per heavy atom. The van der Waals surface area contributed by atoms with E-state index in [0.717, 1.165) is 29.1 Å². The third kappa shape index (κ3) is 2.85. The van der Waals surface area contributed by atoms with Gasteiger partial charge >= 0.3 is 5.97 Å². The van der Waals surface area contributed by atoms with Gasteiger partial charge in [0.15, 0.2) is 6.23 Å². The molecule has 1 aliphatic rings. The van der Waals surface area contributed by atoms with Gasteiger partial charge in [0, 0.05) is 28.0 Å². The molecule has 4 nitrogen and oxygen atoms in total. The zero-order valence-corrected chi connectivity index (χ0v) is 13.9. The van der Waals surface area contributed by atoms with Gasteiger partial charge in [-0.15, -0.1) is 0 Å². The summed E-state index contributed by atoms with van der Waals surface area (Å²) in [4.78, 5) is 17.6. The molecule has 1 heterocycles. The average molecular weight is 321 g/mol. The lowest BCUT2D eigenvalue weighted by molar-refractivity contribution is -0.160. The highest BCUT2D eigenvalue weighted by molar-refractivity contribution is 6.31. The largest absolute Gasteiger partial charge is 0.446 e. The number of aromatic amines is 1. The second-order valence-corrected chi connectivity index (χ2v) is 6.65. The van der Waals surface area contributed by atoms with Gasteiger partial charge in [-0.05, 0) is 57.6 Å². The molecule has 5 heteroatoms. The number of rotatable bonds is 3. The van der Waals surface area contributed by atoms with E-state index >= 15 is 0 Å². The van der Waals surface area contributed by atoms with E-state index in [2.05, 4.69) is 4.98 Å². The topological polar surface area (TPSA) is 45.3 Å². The van der Waals surface area contributed by atoms with E-state index in [1.807, 2.05) is 44.1 Å². The molecule has 0 aliphatic heterocycles. The molecule has 0 saturated carbocycles. The fourth-order valence-corrected chi connectivity index (χ4v) is 3.15.